The van der Waals surface area contributed by atoms with Crippen LogP contribution in [0.25, 0.3) is 0 Å². The summed E-state index contributed by atoms with van der Waals surface area (Å²) < 4.78 is 53.1. The standard InChI is InChI=1S/C20H9F3O6/c1-19(20(21,22)23)11-2-7-8(14(25)6-13(7)24)4-15(11)28-16-5-10-9(3-12(16)19)17(26)29-18(10)27/h2-5H,6H2,1H3. The summed E-state index contributed by atoms with van der Waals surface area (Å²) in [5, 5.41) is 0. The second-order valence-corrected chi connectivity index (χ2v) is 7.21. The number of cyclic esters (lactones) is 2. The molecule has 29 heavy (non-hydrogen) atoms. The molecule has 3 aliphatic rings. The smallest absolute Gasteiger partial charge is 0.402 e. The number of hydrogen-bond donors (Lipinski definition) is 0. The lowest BCUT2D eigenvalue weighted by atomic mass is 9.72. The lowest BCUT2D eigenvalue weighted by Gasteiger charge is -2.39. The topological polar surface area (TPSA) is 86.7 Å². The summed E-state index contributed by atoms with van der Waals surface area (Å²) in [7, 11) is 0. The van der Waals surface area contributed by atoms with Crippen LogP contribution >= 0.6 is 0 Å². The third-order valence-corrected chi connectivity index (χ3v) is 5.65. The minimum absolute atomic E-state index is 0.00234. The largest absolute Gasteiger partial charge is 0.457 e. The molecule has 2 heterocycles. The van der Waals surface area contributed by atoms with Crippen molar-refractivity contribution in [1.29, 1.82) is 0 Å². The molecule has 0 N–H and O–H groups in total. The van der Waals surface area contributed by atoms with Gasteiger partial charge in [-0.25, -0.2) is 9.59 Å². The molecule has 1 atom stereocenters. The number of fused-ring (bicyclic) bond motifs is 4. The van der Waals surface area contributed by atoms with Gasteiger partial charge in [-0.2, -0.15) is 13.2 Å². The van der Waals surface area contributed by atoms with Crippen LogP contribution in [-0.4, -0.2) is 29.7 Å². The number of ketones is 2. The molecule has 0 saturated carbocycles. The number of carbonyl (C=O) groups is 4. The Bertz CT molecular complexity index is 1120. The highest BCUT2D eigenvalue weighted by Gasteiger charge is 2.59. The molecule has 2 aliphatic heterocycles. The number of alkyl halides is 3. The predicted octanol–water partition coefficient (Wildman–Crippen LogP) is 3.74. The highest BCUT2D eigenvalue weighted by atomic mass is 19.4. The molecule has 5 rings (SSSR count). The molecule has 0 aromatic heterocycles. The Labute approximate surface area is 160 Å². The van der Waals surface area contributed by atoms with Crippen LogP contribution in [0.2, 0.25) is 0 Å². The summed E-state index contributed by atoms with van der Waals surface area (Å²) in [6, 6.07) is 4.13. The van der Waals surface area contributed by atoms with E-state index in [4.69, 9.17) is 4.74 Å². The molecule has 2 aromatic rings. The second kappa shape index (κ2) is 5.11. The first-order chi connectivity index (χ1) is 13.5. The van der Waals surface area contributed by atoms with Crippen LogP contribution in [0, 0.1) is 0 Å². The van der Waals surface area contributed by atoms with E-state index in [0.717, 1.165) is 31.2 Å². The van der Waals surface area contributed by atoms with Crippen molar-refractivity contribution in [3.63, 3.8) is 0 Å². The van der Waals surface area contributed by atoms with Crippen molar-refractivity contribution >= 4 is 23.5 Å². The van der Waals surface area contributed by atoms with Gasteiger partial charge in [0.25, 0.3) is 0 Å². The lowest BCUT2D eigenvalue weighted by Crippen LogP contribution is -2.43. The number of halogens is 3. The Morgan fingerprint density at radius 2 is 1.21 bits per heavy atom. The fourth-order valence-electron chi connectivity index (χ4n) is 4.01. The van der Waals surface area contributed by atoms with E-state index in [0.29, 0.717) is 0 Å². The van der Waals surface area contributed by atoms with Crippen molar-refractivity contribution in [2.75, 3.05) is 0 Å². The second-order valence-electron chi connectivity index (χ2n) is 7.21. The SMILES string of the molecule is CC1(C(F)(F)F)c2cc3c(cc2Oc2cc4c(cc21)C(=O)OC4=O)C(=O)CC3=O. The van der Waals surface area contributed by atoms with Crippen LogP contribution in [-0.2, 0) is 10.2 Å². The molecule has 0 amide bonds. The number of ether oxygens (including phenoxy) is 2. The van der Waals surface area contributed by atoms with E-state index in [9.17, 15) is 32.3 Å². The minimum atomic E-state index is -4.85. The Balaban J connectivity index is 1.84. The van der Waals surface area contributed by atoms with Gasteiger partial charge in [0.15, 0.2) is 11.6 Å². The zero-order valence-electron chi connectivity index (χ0n) is 14.6. The molecular weight excluding hydrogens is 393 g/mol. The minimum Gasteiger partial charge on any atom is -0.457 e. The van der Waals surface area contributed by atoms with Gasteiger partial charge in [0.05, 0.1) is 17.5 Å². The van der Waals surface area contributed by atoms with Crippen molar-refractivity contribution in [2.24, 2.45) is 0 Å². The molecular formula is C20H9F3O6. The first-order valence-electron chi connectivity index (χ1n) is 8.47. The van der Waals surface area contributed by atoms with Crippen LogP contribution in [0.3, 0.4) is 0 Å². The van der Waals surface area contributed by atoms with Crippen LogP contribution in [0.15, 0.2) is 24.3 Å². The number of Topliss-reactive ketones (excluding diaryl/α,β-unsaturated/α-hetero) is 2. The molecule has 0 bridgehead atoms. The average molecular weight is 402 g/mol. The fourth-order valence-corrected chi connectivity index (χ4v) is 4.01. The summed E-state index contributed by atoms with van der Waals surface area (Å²) in [5.74, 6) is -3.61. The third-order valence-electron chi connectivity index (χ3n) is 5.65. The van der Waals surface area contributed by atoms with Gasteiger partial charge in [-0.3, -0.25) is 9.59 Å². The van der Waals surface area contributed by atoms with E-state index in [1.165, 1.54) is 0 Å². The summed E-state index contributed by atoms with van der Waals surface area (Å²) in [6.45, 7) is 0.898. The Morgan fingerprint density at radius 3 is 1.76 bits per heavy atom. The number of carbonyl (C=O) groups excluding carboxylic acids is 4. The van der Waals surface area contributed by atoms with Gasteiger partial charge >= 0.3 is 18.1 Å². The molecule has 2 aromatic carbocycles. The Hall–Kier alpha value is -3.49. The number of rotatable bonds is 0. The molecule has 0 saturated heterocycles. The van der Waals surface area contributed by atoms with Gasteiger partial charge in [-0.15, -0.1) is 0 Å². The molecule has 0 spiro atoms. The lowest BCUT2D eigenvalue weighted by molar-refractivity contribution is -0.174. The van der Waals surface area contributed by atoms with Crippen LogP contribution < -0.4 is 4.74 Å². The molecule has 0 radical (unpaired) electrons. The van der Waals surface area contributed by atoms with Crippen molar-refractivity contribution in [1.82, 2.24) is 0 Å². The van der Waals surface area contributed by atoms with E-state index in [2.05, 4.69) is 4.74 Å². The highest BCUT2D eigenvalue weighted by Crippen LogP contribution is 2.57. The summed E-state index contributed by atoms with van der Waals surface area (Å²) in [4.78, 5) is 47.7. The fraction of sp³-hybridized carbons (Fsp3) is 0.200. The van der Waals surface area contributed by atoms with Crippen molar-refractivity contribution in [2.45, 2.75) is 24.9 Å². The van der Waals surface area contributed by atoms with Gasteiger partial charge in [0.1, 0.15) is 16.9 Å². The first kappa shape index (κ1) is 17.6. The van der Waals surface area contributed by atoms with Crippen molar-refractivity contribution in [3.05, 3.63) is 57.6 Å². The van der Waals surface area contributed by atoms with Crippen LogP contribution in [0.1, 0.15) is 65.9 Å². The monoisotopic (exact) mass is 402 g/mol. The predicted molar refractivity (Wildman–Crippen MR) is 88.5 cm³/mol. The molecule has 1 aliphatic carbocycles. The average Bonchev–Trinajstić information content (AvgIpc) is 3.07. The molecule has 1 unspecified atom stereocenters. The summed E-state index contributed by atoms with van der Waals surface area (Å²) >= 11 is 0. The van der Waals surface area contributed by atoms with E-state index in [1.54, 1.807) is 0 Å². The van der Waals surface area contributed by atoms with Crippen LogP contribution in [0.5, 0.6) is 11.5 Å². The number of hydrogen-bond acceptors (Lipinski definition) is 6. The summed E-state index contributed by atoms with van der Waals surface area (Å²) in [5.41, 5.74) is -3.98. The van der Waals surface area contributed by atoms with Crippen molar-refractivity contribution < 1.29 is 41.8 Å². The maximum Gasteiger partial charge on any atom is 0.402 e. The van der Waals surface area contributed by atoms with Gasteiger partial charge in [0.2, 0.25) is 0 Å². The van der Waals surface area contributed by atoms with Crippen molar-refractivity contribution in [3.8, 4) is 11.5 Å². The van der Waals surface area contributed by atoms with Gasteiger partial charge in [-0.05, 0) is 31.2 Å². The normalized spacial score (nSPS) is 21.9. The zero-order chi connectivity index (χ0) is 20.9. The maximum absolute atomic E-state index is 14.3. The van der Waals surface area contributed by atoms with Gasteiger partial charge in [0, 0.05) is 22.3 Å². The number of benzene rings is 2. The molecule has 9 heteroatoms. The molecule has 0 fully saturated rings. The first-order valence-corrected chi connectivity index (χ1v) is 8.47. The quantitative estimate of drug-likeness (QED) is 0.493. The molecule has 146 valence electrons. The van der Waals surface area contributed by atoms with E-state index in [1.807, 2.05) is 0 Å². The van der Waals surface area contributed by atoms with Gasteiger partial charge in [-0.1, -0.05) is 0 Å². The van der Waals surface area contributed by atoms with Crippen LogP contribution in [0.4, 0.5) is 13.2 Å². The maximum atomic E-state index is 14.3. The Kier molecular flexibility index (Phi) is 3.10. The summed E-state index contributed by atoms with van der Waals surface area (Å²) in [6.07, 6.45) is -5.26. The molecule has 6 nitrogen and oxygen atoms in total. The van der Waals surface area contributed by atoms with Gasteiger partial charge < -0.3 is 9.47 Å². The highest BCUT2D eigenvalue weighted by molar-refractivity contribution is 6.24. The number of esters is 2. The Morgan fingerprint density at radius 1 is 0.759 bits per heavy atom. The van der Waals surface area contributed by atoms with E-state index in [-0.39, 0.29) is 44.9 Å². The van der Waals surface area contributed by atoms with E-state index >= 15 is 0 Å². The third kappa shape index (κ3) is 2.07. The zero-order valence-corrected chi connectivity index (χ0v) is 14.6. The van der Waals surface area contributed by atoms with E-state index < -0.39 is 41.5 Å².